The zero-order chi connectivity index (χ0) is 18.7. The van der Waals surface area contributed by atoms with Crippen LogP contribution in [0.15, 0.2) is 15.5 Å². The summed E-state index contributed by atoms with van der Waals surface area (Å²) in [7, 11) is -2.95. The fourth-order valence-corrected chi connectivity index (χ4v) is 5.33. The van der Waals surface area contributed by atoms with E-state index in [1.807, 2.05) is 4.90 Å². The summed E-state index contributed by atoms with van der Waals surface area (Å²) < 4.78 is 18.8. The fraction of sp³-hybridized carbons (Fsp3) is 0.706. The molecule has 0 aromatic carbocycles. The summed E-state index contributed by atoms with van der Waals surface area (Å²) in [6, 6.07) is 0. The van der Waals surface area contributed by atoms with Gasteiger partial charge in [-0.3, -0.25) is 14.3 Å². The highest BCUT2D eigenvalue weighted by molar-refractivity contribution is 7.93. The Labute approximate surface area is 158 Å². The van der Waals surface area contributed by atoms with E-state index in [1.165, 1.54) is 12.5 Å². The first-order valence-corrected chi connectivity index (χ1v) is 11.3. The van der Waals surface area contributed by atoms with E-state index in [0.717, 1.165) is 12.8 Å². The van der Waals surface area contributed by atoms with Crippen LogP contribution in [0.5, 0.6) is 0 Å². The molecule has 1 atom stereocenters. The van der Waals surface area contributed by atoms with E-state index in [1.54, 1.807) is 4.68 Å². The van der Waals surface area contributed by atoms with Crippen molar-refractivity contribution in [2.24, 2.45) is 16.2 Å². The number of alkyl halides is 1. The van der Waals surface area contributed by atoms with Crippen LogP contribution in [-0.2, 0) is 32.4 Å². The van der Waals surface area contributed by atoms with Crippen molar-refractivity contribution in [1.82, 2.24) is 14.7 Å². The smallest absolute Gasteiger partial charge is 0.275 e. The Morgan fingerprint density at radius 1 is 1.35 bits per heavy atom. The Bertz CT molecular complexity index is 892. The average Bonchev–Trinajstić information content (AvgIpc) is 3.16. The molecular weight excluding hydrogens is 376 g/mol. The summed E-state index contributed by atoms with van der Waals surface area (Å²) >= 11 is 6.10. The molecule has 0 bridgehead atoms. The van der Waals surface area contributed by atoms with Crippen LogP contribution in [0.2, 0.25) is 0 Å². The maximum atomic E-state index is 13.1. The van der Waals surface area contributed by atoms with Gasteiger partial charge in [-0.1, -0.05) is 6.92 Å². The number of hydrogen-bond donors (Lipinski definition) is 0. The van der Waals surface area contributed by atoms with Gasteiger partial charge < -0.3 is 4.90 Å². The van der Waals surface area contributed by atoms with Crippen LogP contribution in [0.3, 0.4) is 0 Å². The van der Waals surface area contributed by atoms with Crippen LogP contribution >= 0.6 is 11.6 Å². The van der Waals surface area contributed by atoms with Gasteiger partial charge in [0, 0.05) is 18.7 Å². The van der Waals surface area contributed by atoms with E-state index in [9.17, 15) is 13.8 Å². The molecule has 0 radical (unpaired) electrons. The van der Waals surface area contributed by atoms with E-state index in [0.29, 0.717) is 49.0 Å². The Kier molecular flexibility index (Phi) is 4.19. The number of halogens is 1. The van der Waals surface area contributed by atoms with Crippen LogP contribution < -0.4 is 0 Å². The number of amides is 2. The summed E-state index contributed by atoms with van der Waals surface area (Å²) in [4.78, 5) is 26.1. The van der Waals surface area contributed by atoms with Gasteiger partial charge in [0.1, 0.15) is 4.87 Å². The molecule has 0 saturated heterocycles. The lowest BCUT2D eigenvalue weighted by molar-refractivity contribution is -0.141. The molecule has 1 aliphatic heterocycles. The Balaban J connectivity index is 1.58. The number of nitrogens with zero attached hydrogens (tertiary/aromatic N) is 4. The van der Waals surface area contributed by atoms with Gasteiger partial charge in [-0.15, -0.1) is 11.6 Å². The normalized spacial score (nSPS) is 28.5. The minimum absolute atomic E-state index is 0.103. The van der Waals surface area contributed by atoms with Crippen molar-refractivity contribution >= 4 is 33.1 Å². The maximum absolute atomic E-state index is 13.1. The molecule has 3 aliphatic rings. The van der Waals surface area contributed by atoms with Crippen molar-refractivity contribution in [3.05, 3.63) is 11.9 Å². The molecule has 2 heterocycles. The first kappa shape index (κ1) is 18.0. The minimum atomic E-state index is -2.95. The molecule has 0 N–H and O–H groups in total. The van der Waals surface area contributed by atoms with Gasteiger partial charge >= 0.3 is 0 Å². The predicted molar refractivity (Wildman–Crippen MR) is 97.1 cm³/mol. The lowest BCUT2D eigenvalue weighted by Gasteiger charge is -2.37. The first-order chi connectivity index (χ1) is 12.2. The van der Waals surface area contributed by atoms with Crippen molar-refractivity contribution in [2.45, 2.75) is 55.5 Å². The predicted octanol–water partition coefficient (Wildman–Crippen LogP) is 2.03. The molecule has 7 nitrogen and oxygen atoms in total. The van der Waals surface area contributed by atoms with Gasteiger partial charge in [-0.25, -0.2) is 4.21 Å². The second-order valence-electron chi connectivity index (χ2n) is 7.88. The molecular formula is C17H23ClN4O3S. The fourth-order valence-electron chi connectivity index (χ4n) is 3.70. The van der Waals surface area contributed by atoms with Crippen molar-refractivity contribution in [3.63, 3.8) is 0 Å². The molecule has 9 heteroatoms. The van der Waals surface area contributed by atoms with E-state index < -0.39 is 20.5 Å². The molecule has 2 amide bonds. The van der Waals surface area contributed by atoms with Crippen molar-refractivity contribution < 1.29 is 13.8 Å². The second kappa shape index (κ2) is 6.05. The Morgan fingerprint density at radius 3 is 2.65 bits per heavy atom. The SMILES string of the molecule is CC1CC(C(=O)N2CCn3ncc(S(C)(=O)=NC(=O)C4(Cl)CC4)c3C2)C1. The van der Waals surface area contributed by atoms with Crippen LogP contribution in [0.1, 0.15) is 38.3 Å². The summed E-state index contributed by atoms with van der Waals surface area (Å²) in [6.45, 7) is 3.68. The molecule has 2 aliphatic carbocycles. The van der Waals surface area contributed by atoms with Crippen LogP contribution in [0.25, 0.3) is 0 Å². The van der Waals surface area contributed by atoms with Crippen LogP contribution in [0, 0.1) is 11.8 Å². The van der Waals surface area contributed by atoms with Gasteiger partial charge in [0.25, 0.3) is 5.91 Å². The van der Waals surface area contributed by atoms with Gasteiger partial charge in [0.2, 0.25) is 5.91 Å². The van der Waals surface area contributed by atoms with Gasteiger partial charge in [-0.2, -0.15) is 9.46 Å². The lowest BCUT2D eigenvalue weighted by atomic mass is 9.75. The van der Waals surface area contributed by atoms with E-state index in [2.05, 4.69) is 16.4 Å². The van der Waals surface area contributed by atoms with Crippen molar-refractivity contribution in [3.8, 4) is 0 Å². The lowest BCUT2D eigenvalue weighted by Crippen LogP contribution is -2.45. The van der Waals surface area contributed by atoms with E-state index in [4.69, 9.17) is 11.6 Å². The van der Waals surface area contributed by atoms with Crippen molar-refractivity contribution in [1.29, 1.82) is 0 Å². The molecule has 0 spiro atoms. The zero-order valence-corrected chi connectivity index (χ0v) is 16.6. The monoisotopic (exact) mass is 398 g/mol. The van der Waals surface area contributed by atoms with Crippen LogP contribution in [0.4, 0.5) is 0 Å². The molecule has 1 aromatic rings. The average molecular weight is 399 g/mol. The quantitative estimate of drug-likeness (QED) is 0.729. The number of rotatable bonds is 3. The highest BCUT2D eigenvalue weighted by atomic mass is 35.5. The third kappa shape index (κ3) is 3.07. The van der Waals surface area contributed by atoms with Gasteiger partial charge in [-0.05, 0) is 31.6 Å². The summed E-state index contributed by atoms with van der Waals surface area (Å²) in [5, 5.41) is 4.29. The van der Waals surface area contributed by atoms with Crippen molar-refractivity contribution in [2.75, 3.05) is 12.8 Å². The zero-order valence-electron chi connectivity index (χ0n) is 15.0. The summed E-state index contributed by atoms with van der Waals surface area (Å²) in [5.74, 6) is 0.360. The van der Waals surface area contributed by atoms with E-state index in [-0.39, 0.29) is 11.8 Å². The third-order valence-electron chi connectivity index (χ3n) is 5.60. The highest BCUT2D eigenvalue weighted by Crippen LogP contribution is 2.44. The molecule has 2 fully saturated rings. The van der Waals surface area contributed by atoms with Gasteiger partial charge in [0.05, 0.1) is 39.6 Å². The molecule has 2 saturated carbocycles. The molecule has 4 rings (SSSR count). The largest absolute Gasteiger partial charge is 0.335 e. The van der Waals surface area contributed by atoms with Gasteiger partial charge in [0.15, 0.2) is 0 Å². The number of hydrogen-bond acceptors (Lipinski definition) is 4. The minimum Gasteiger partial charge on any atom is -0.335 e. The number of fused-ring (bicyclic) bond motifs is 1. The third-order valence-corrected chi connectivity index (χ3v) is 7.82. The number of carbonyl (C=O) groups is 2. The van der Waals surface area contributed by atoms with Crippen LogP contribution in [-0.4, -0.2) is 48.4 Å². The summed E-state index contributed by atoms with van der Waals surface area (Å²) in [6.07, 6.45) is 5.98. The summed E-state index contributed by atoms with van der Waals surface area (Å²) in [5.41, 5.74) is 0.709. The first-order valence-electron chi connectivity index (χ1n) is 8.98. The standard InChI is InChI=1S/C17H23ClN4O3S/c1-11-7-12(8-11)15(23)21-5-6-22-13(10-21)14(9-19-22)26(2,25)20-16(24)17(18)3-4-17/h9,11-12H,3-8,10H2,1-2H3. The molecule has 26 heavy (non-hydrogen) atoms. The highest BCUT2D eigenvalue weighted by Gasteiger charge is 2.49. The number of carbonyl (C=O) groups excluding carboxylic acids is 2. The molecule has 1 unspecified atom stereocenters. The Hall–Kier alpha value is -1.41. The topological polar surface area (TPSA) is 84.6 Å². The second-order valence-corrected chi connectivity index (χ2v) is 10.8. The van der Waals surface area contributed by atoms with E-state index >= 15 is 0 Å². The number of aromatic nitrogens is 2. The molecule has 142 valence electrons. The Morgan fingerprint density at radius 2 is 2.04 bits per heavy atom. The maximum Gasteiger partial charge on any atom is 0.275 e. The molecule has 1 aromatic heterocycles.